The van der Waals surface area contributed by atoms with Gasteiger partial charge in [-0.1, -0.05) is 30.8 Å². The van der Waals surface area contributed by atoms with Crippen molar-refractivity contribution in [3.8, 4) is 0 Å². The summed E-state index contributed by atoms with van der Waals surface area (Å²) in [7, 11) is 0. The lowest BCUT2D eigenvalue weighted by Gasteiger charge is -2.02. The number of aromatic nitrogens is 4. The maximum Gasteiger partial charge on any atom is 0.239 e. The highest BCUT2D eigenvalue weighted by molar-refractivity contribution is 7.99. The van der Waals surface area contributed by atoms with Gasteiger partial charge in [0.15, 0.2) is 22.6 Å². The Morgan fingerprint density at radius 1 is 1.14 bits per heavy atom. The Balaban J connectivity index is 1.82. The number of H-pyrrole nitrogens is 1. The van der Waals surface area contributed by atoms with Gasteiger partial charge in [-0.15, -0.1) is 0 Å². The number of nitrogens with zero attached hydrogens (tertiary/aromatic N) is 3. The number of fused-ring (bicyclic) bond motifs is 1. The van der Waals surface area contributed by atoms with Gasteiger partial charge in [0.1, 0.15) is 0 Å². The quantitative estimate of drug-likeness (QED) is 0.728. The van der Waals surface area contributed by atoms with Crippen LogP contribution in [0.3, 0.4) is 0 Å². The van der Waals surface area contributed by atoms with E-state index in [1.165, 1.54) is 11.8 Å². The highest BCUT2D eigenvalue weighted by Gasteiger charge is 2.19. The molecule has 1 N–H and O–H groups in total. The highest BCUT2D eigenvalue weighted by atomic mass is 32.2. The Kier molecular flexibility index (Phi) is 3.86. The molecule has 0 saturated carbocycles. The molecule has 3 aromatic rings. The van der Waals surface area contributed by atoms with Crippen molar-refractivity contribution in [1.29, 1.82) is 0 Å². The van der Waals surface area contributed by atoms with Gasteiger partial charge < -0.3 is 9.51 Å². The second kappa shape index (κ2) is 5.68. The van der Waals surface area contributed by atoms with E-state index in [0.29, 0.717) is 27.9 Å². The SMILES string of the molecule is CC(C)c1noc(C(C)Sc2nc3cc(F)c(F)cc3[nH]2)n1. The van der Waals surface area contributed by atoms with Crippen molar-refractivity contribution in [1.82, 2.24) is 20.1 Å². The van der Waals surface area contributed by atoms with Crippen LogP contribution in [0, 0.1) is 11.6 Å². The van der Waals surface area contributed by atoms with Crippen molar-refractivity contribution in [3.63, 3.8) is 0 Å². The summed E-state index contributed by atoms with van der Waals surface area (Å²) in [4.78, 5) is 11.5. The Morgan fingerprint density at radius 2 is 1.86 bits per heavy atom. The molecular formula is C14H14F2N4OS. The zero-order valence-electron chi connectivity index (χ0n) is 12.2. The Morgan fingerprint density at radius 3 is 2.55 bits per heavy atom. The summed E-state index contributed by atoms with van der Waals surface area (Å²) in [6, 6.07) is 2.16. The second-order valence-electron chi connectivity index (χ2n) is 5.23. The normalized spacial score (nSPS) is 13.2. The van der Waals surface area contributed by atoms with Crippen molar-refractivity contribution < 1.29 is 13.3 Å². The molecule has 2 aromatic heterocycles. The fraction of sp³-hybridized carbons (Fsp3) is 0.357. The standard InChI is InChI=1S/C14H14F2N4OS/c1-6(2)12-19-13(21-20-12)7(3)22-14-17-10-4-8(15)9(16)5-11(10)18-14/h4-7H,1-3H3,(H,17,18). The number of thioether (sulfide) groups is 1. The van der Waals surface area contributed by atoms with Gasteiger partial charge in [-0.3, -0.25) is 0 Å². The summed E-state index contributed by atoms with van der Waals surface area (Å²) < 4.78 is 31.6. The van der Waals surface area contributed by atoms with E-state index in [2.05, 4.69) is 20.1 Å². The minimum absolute atomic E-state index is 0.129. The van der Waals surface area contributed by atoms with Gasteiger partial charge in [0.2, 0.25) is 5.89 Å². The van der Waals surface area contributed by atoms with Crippen molar-refractivity contribution in [2.45, 2.75) is 37.1 Å². The molecule has 0 radical (unpaired) electrons. The third-order valence-corrected chi connectivity index (χ3v) is 4.08. The number of nitrogens with one attached hydrogen (secondary N) is 1. The van der Waals surface area contributed by atoms with Gasteiger partial charge in [0.05, 0.1) is 16.3 Å². The molecule has 0 fully saturated rings. The van der Waals surface area contributed by atoms with E-state index in [0.717, 1.165) is 12.1 Å². The van der Waals surface area contributed by atoms with E-state index in [-0.39, 0.29) is 11.2 Å². The lowest BCUT2D eigenvalue weighted by atomic mass is 10.2. The minimum atomic E-state index is -0.915. The maximum absolute atomic E-state index is 13.2. The van der Waals surface area contributed by atoms with E-state index >= 15 is 0 Å². The smallest absolute Gasteiger partial charge is 0.239 e. The van der Waals surface area contributed by atoms with Crippen molar-refractivity contribution >= 4 is 22.8 Å². The predicted octanol–water partition coefficient (Wildman–Crippen LogP) is 4.20. The maximum atomic E-state index is 13.2. The Labute approximate surface area is 129 Å². The first-order chi connectivity index (χ1) is 10.4. The van der Waals surface area contributed by atoms with Crippen LogP contribution in [0.4, 0.5) is 8.78 Å². The molecule has 1 unspecified atom stereocenters. The molecule has 0 aliphatic carbocycles. The van der Waals surface area contributed by atoms with Crippen LogP contribution in [0.1, 0.15) is 43.7 Å². The van der Waals surface area contributed by atoms with Crippen LogP contribution in [0.5, 0.6) is 0 Å². The highest BCUT2D eigenvalue weighted by Crippen LogP contribution is 2.33. The molecule has 0 aliphatic heterocycles. The molecule has 2 heterocycles. The van der Waals surface area contributed by atoms with Gasteiger partial charge in [-0.05, 0) is 6.92 Å². The number of hydrogen-bond donors (Lipinski definition) is 1. The third-order valence-electron chi connectivity index (χ3n) is 3.11. The Bertz CT molecular complexity index is 775. The average Bonchev–Trinajstić information content (AvgIpc) is 3.06. The monoisotopic (exact) mass is 324 g/mol. The lowest BCUT2D eigenvalue weighted by molar-refractivity contribution is 0.373. The van der Waals surface area contributed by atoms with Gasteiger partial charge in [0, 0.05) is 18.1 Å². The van der Waals surface area contributed by atoms with E-state index in [4.69, 9.17) is 4.52 Å². The summed E-state index contributed by atoms with van der Waals surface area (Å²) in [5, 5.41) is 4.32. The van der Waals surface area contributed by atoms with Gasteiger partial charge in [-0.25, -0.2) is 13.8 Å². The molecule has 0 saturated heterocycles. The molecule has 0 bridgehead atoms. The summed E-state index contributed by atoms with van der Waals surface area (Å²) in [6.45, 7) is 5.86. The van der Waals surface area contributed by atoms with E-state index in [1.807, 2.05) is 20.8 Å². The predicted molar refractivity (Wildman–Crippen MR) is 78.7 cm³/mol. The second-order valence-corrected chi connectivity index (χ2v) is 6.56. The number of rotatable bonds is 4. The zero-order chi connectivity index (χ0) is 15.9. The van der Waals surface area contributed by atoms with Crippen molar-refractivity contribution in [2.24, 2.45) is 0 Å². The van der Waals surface area contributed by atoms with Crippen LogP contribution >= 0.6 is 11.8 Å². The molecule has 0 aliphatic rings. The molecule has 3 rings (SSSR count). The van der Waals surface area contributed by atoms with Crippen molar-refractivity contribution in [3.05, 3.63) is 35.5 Å². The third kappa shape index (κ3) is 2.83. The first-order valence-corrected chi connectivity index (χ1v) is 7.67. The fourth-order valence-electron chi connectivity index (χ4n) is 1.90. The van der Waals surface area contributed by atoms with Crippen LogP contribution in [0.15, 0.2) is 21.8 Å². The van der Waals surface area contributed by atoms with E-state index < -0.39 is 11.6 Å². The molecule has 0 amide bonds. The van der Waals surface area contributed by atoms with Crippen molar-refractivity contribution in [2.75, 3.05) is 0 Å². The molecule has 8 heteroatoms. The van der Waals surface area contributed by atoms with Crippen LogP contribution in [0.25, 0.3) is 11.0 Å². The van der Waals surface area contributed by atoms with Crippen LogP contribution in [-0.4, -0.2) is 20.1 Å². The fourth-order valence-corrected chi connectivity index (χ4v) is 2.75. The number of hydrogen-bond acceptors (Lipinski definition) is 5. The minimum Gasteiger partial charge on any atom is -0.338 e. The molecule has 116 valence electrons. The molecule has 1 aromatic carbocycles. The van der Waals surface area contributed by atoms with Crippen LogP contribution in [-0.2, 0) is 0 Å². The molecule has 22 heavy (non-hydrogen) atoms. The molecule has 1 atom stereocenters. The number of benzene rings is 1. The van der Waals surface area contributed by atoms with Crippen LogP contribution in [0.2, 0.25) is 0 Å². The lowest BCUT2D eigenvalue weighted by Crippen LogP contribution is -1.93. The largest absolute Gasteiger partial charge is 0.338 e. The summed E-state index contributed by atoms with van der Waals surface area (Å²) >= 11 is 1.35. The first-order valence-electron chi connectivity index (χ1n) is 6.79. The number of imidazole rings is 1. The molecule has 5 nitrogen and oxygen atoms in total. The number of halogens is 2. The summed E-state index contributed by atoms with van der Waals surface area (Å²) in [6.07, 6.45) is 0. The van der Waals surface area contributed by atoms with E-state index in [1.54, 1.807) is 0 Å². The van der Waals surface area contributed by atoms with E-state index in [9.17, 15) is 8.78 Å². The zero-order valence-corrected chi connectivity index (χ0v) is 13.0. The Hall–Kier alpha value is -1.96. The average molecular weight is 324 g/mol. The number of aromatic amines is 1. The van der Waals surface area contributed by atoms with Gasteiger partial charge in [-0.2, -0.15) is 4.98 Å². The first kappa shape index (κ1) is 15.0. The van der Waals surface area contributed by atoms with Gasteiger partial charge >= 0.3 is 0 Å². The van der Waals surface area contributed by atoms with Crippen LogP contribution < -0.4 is 0 Å². The van der Waals surface area contributed by atoms with Gasteiger partial charge in [0.25, 0.3) is 0 Å². The summed E-state index contributed by atoms with van der Waals surface area (Å²) in [5.41, 5.74) is 0.823. The summed E-state index contributed by atoms with van der Waals surface area (Å²) in [5.74, 6) is -0.490. The topological polar surface area (TPSA) is 67.6 Å². The molecule has 0 spiro atoms. The molecular weight excluding hydrogens is 310 g/mol.